The molecule has 1 N–H and O–H groups in total. The molecule has 0 unspecified atom stereocenters. The lowest BCUT2D eigenvalue weighted by Gasteiger charge is -2.00. The van der Waals surface area contributed by atoms with E-state index in [2.05, 4.69) is 75.8 Å². The SMILES string of the molecule is Cc1ccc(-c2c[n+]3cc(Br)ccc3[nH]2)cc1C.[Br-]. The molecule has 3 rings (SSSR count). The first-order chi connectivity index (χ1) is 8.63. The van der Waals surface area contributed by atoms with E-state index in [0.29, 0.717) is 0 Å². The number of aromatic nitrogens is 2. The number of aromatic amines is 1. The number of halogens is 2. The number of nitrogens with one attached hydrogen (secondary N) is 1. The maximum absolute atomic E-state index is 3.48. The number of fused-ring (bicyclic) bond motifs is 1. The molecule has 98 valence electrons. The molecular formula is C15H14Br2N2. The Bertz CT molecular complexity index is 732. The van der Waals surface area contributed by atoms with Crippen LogP contribution < -0.4 is 21.4 Å². The average Bonchev–Trinajstić information content (AvgIpc) is 2.75. The van der Waals surface area contributed by atoms with Gasteiger partial charge in [-0.2, -0.15) is 0 Å². The zero-order valence-corrected chi connectivity index (χ0v) is 13.9. The highest BCUT2D eigenvalue weighted by atomic mass is 79.9. The van der Waals surface area contributed by atoms with Crippen LogP contribution in [0, 0.1) is 13.8 Å². The summed E-state index contributed by atoms with van der Waals surface area (Å²) in [7, 11) is 0. The predicted octanol–water partition coefficient (Wildman–Crippen LogP) is 0.804. The first kappa shape index (κ1) is 14.3. The molecule has 19 heavy (non-hydrogen) atoms. The molecule has 0 atom stereocenters. The molecular weight excluding hydrogens is 368 g/mol. The summed E-state index contributed by atoms with van der Waals surface area (Å²) in [5.41, 5.74) is 6.09. The number of rotatable bonds is 1. The van der Waals surface area contributed by atoms with E-state index in [4.69, 9.17) is 0 Å². The lowest BCUT2D eigenvalue weighted by molar-refractivity contribution is -0.510. The van der Waals surface area contributed by atoms with Crippen molar-refractivity contribution in [3.05, 3.63) is 58.3 Å². The van der Waals surface area contributed by atoms with Crippen LogP contribution >= 0.6 is 15.9 Å². The largest absolute Gasteiger partial charge is 1.00 e. The lowest BCUT2D eigenvalue weighted by Crippen LogP contribution is -3.00. The van der Waals surface area contributed by atoms with Crippen LogP contribution in [0.25, 0.3) is 16.9 Å². The lowest BCUT2D eigenvalue weighted by atomic mass is 10.1. The standard InChI is InChI=1S/C15H13BrN2.BrH/c1-10-3-4-12(7-11(10)2)14-9-18-8-13(16)5-6-15(18)17-14;/h3-9H,1-2H3;1H. The van der Waals surface area contributed by atoms with E-state index in [9.17, 15) is 0 Å². The van der Waals surface area contributed by atoms with Gasteiger partial charge in [0, 0.05) is 11.6 Å². The van der Waals surface area contributed by atoms with Crippen molar-refractivity contribution in [3.8, 4) is 11.3 Å². The summed E-state index contributed by atoms with van der Waals surface area (Å²) in [4.78, 5) is 3.43. The smallest absolute Gasteiger partial charge is 0.284 e. The third kappa shape index (κ3) is 2.74. The first-order valence-electron chi connectivity index (χ1n) is 5.91. The maximum atomic E-state index is 3.48. The second-order valence-corrected chi connectivity index (χ2v) is 5.52. The average molecular weight is 382 g/mol. The molecule has 2 nitrogen and oxygen atoms in total. The summed E-state index contributed by atoms with van der Waals surface area (Å²) in [6.45, 7) is 4.28. The number of H-pyrrole nitrogens is 1. The Hall–Kier alpha value is -1.13. The van der Waals surface area contributed by atoms with Crippen molar-refractivity contribution in [1.82, 2.24) is 4.98 Å². The molecule has 0 saturated heterocycles. The highest BCUT2D eigenvalue weighted by molar-refractivity contribution is 9.10. The first-order valence-corrected chi connectivity index (χ1v) is 6.70. The van der Waals surface area contributed by atoms with Crippen molar-refractivity contribution < 1.29 is 21.4 Å². The Labute approximate surface area is 131 Å². The molecule has 0 aliphatic carbocycles. The van der Waals surface area contributed by atoms with E-state index in [1.807, 2.05) is 6.07 Å². The van der Waals surface area contributed by atoms with Crippen molar-refractivity contribution in [1.29, 1.82) is 0 Å². The van der Waals surface area contributed by atoms with Crippen LogP contribution in [0.15, 0.2) is 47.2 Å². The summed E-state index contributed by atoms with van der Waals surface area (Å²) < 4.78 is 3.17. The number of hydrogen-bond donors (Lipinski definition) is 1. The molecule has 3 aromatic rings. The van der Waals surface area contributed by atoms with Gasteiger partial charge in [0.15, 0.2) is 5.69 Å². The van der Waals surface area contributed by atoms with Gasteiger partial charge in [-0.3, -0.25) is 0 Å². The zero-order chi connectivity index (χ0) is 12.7. The number of imidazole rings is 1. The summed E-state index contributed by atoms with van der Waals surface area (Å²) in [6, 6.07) is 10.6. The van der Waals surface area contributed by atoms with E-state index < -0.39 is 0 Å². The van der Waals surface area contributed by atoms with Crippen molar-refractivity contribution in [3.63, 3.8) is 0 Å². The van der Waals surface area contributed by atoms with Crippen molar-refractivity contribution in [2.75, 3.05) is 0 Å². The minimum Gasteiger partial charge on any atom is -1.00 e. The van der Waals surface area contributed by atoms with Crippen LogP contribution in [0.3, 0.4) is 0 Å². The van der Waals surface area contributed by atoms with Crippen molar-refractivity contribution in [2.24, 2.45) is 0 Å². The fraction of sp³-hybridized carbons (Fsp3) is 0.133. The molecule has 2 heterocycles. The second-order valence-electron chi connectivity index (χ2n) is 4.61. The Morgan fingerprint density at radius 2 is 1.79 bits per heavy atom. The fourth-order valence-corrected chi connectivity index (χ4v) is 2.42. The topological polar surface area (TPSA) is 19.9 Å². The monoisotopic (exact) mass is 380 g/mol. The van der Waals surface area contributed by atoms with Gasteiger partial charge in [0.1, 0.15) is 12.4 Å². The van der Waals surface area contributed by atoms with E-state index >= 15 is 0 Å². The Morgan fingerprint density at radius 1 is 1.00 bits per heavy atom. The summed E-state index contributed by atoms with van der Waals surface area (Å²) in [6.07, 6.45) is 4.17. The normalized spacial score (nSPS) is 10.5. The Kier molecular flexibility index (Phi) is 4.11. The van der Waals surface area contributed by atoms with Gasteiger partial charge in [-0.1, -0.05) is 12.1 Å². The van der Waals surface area contributed by atoms with E-state index in [1.165, 1.54) is 16.7 Å². The van der Waals surface area contributed by atoms with Crippen LogP contribution in [-0.4, -0.2) is 4.98 Å². The van der Waals surface area contributed by atoms with Crippen molar-refractivity contribution >= 4 is 21.6 Å². The third-order valence-corrected chi connectivity index (χ3v) is 3.76. The number of hydrogen-bond acceptors (Lipinski definition) is 0. The van der Waals surface area contributed by atoms with E-state index in [1.54, 1.807) is 0 Å². The van der Waals surface area contributed by atoms with Gasteiger partial charge >= 0.3 is 0 Å². The summed E-state index contributed by atoms with van der Waals surface area (Å²) in [5.74, 6) is 0. The van der Waals surface area contributed by atoms with Gasteiger partial charge < -0.3 is 17.0 Å². The minimum absolute atomic E-state index is 0. The number of aryl methyl sites for hydroxylation is 2. The molecule has 0 spiro atoms. The summed E-state index contributed by atoms with van der Waals surface area (Å²) in [5, 5.41) is 0. The van der Waals surface area contributed by atoms with Gasteiger partial charge in [0.25, 0.3) is 5.65 Å². The molecule has 0 bridgehead atoms. The van der Waals surface area contributed by atoms with Gasteiger partial charge in [-0.05, 0) is 53.0 Å². The minimum atomic E-state index is 0. The highest BCUT2D eigenvalue weighted by Gasteiger charge is 2.11. The van der Waals surface area contributed by atoms with Crippen LogP contribution in [0.1, 0.15) is 11.1 Å². The van der Waals surface area contributed by atoms with Crippen molar-refractivity contribution in [2.45, 2.75) is 13.8 Å². The Morgan fingerprint density at radius 3 is 2.53 bits per heavy atom. The van der Waals surface area contributed by atoms with E-state index in [-0.39, 0.29) is 17.0 Å². The quantitative estimate of drug-likeness (QED) is 0.602. The second kappa shape index (κ2) is 5.47. The fourth-order valence-electron chi connectivity index (χ4n) is 2.07. The predicted molar refractivity (Wildman–Crippen MR) is 76.6 cm³/mol. The number of pyridine rings is 1. The third-order valence-electron chi connectivity index (χ3n) is 3.29. The van der Waals surface area contributed by atoms with Gasteiger partial charge in [0.2, 0.25) is 0 Å². The molecule has 2 aromatic heterocycles. The van der Waals surface area contributed by atoms with Crippen LogP contribution in [0.2, 0.25) is 0 Å². The van der Waals surface area contributed by atoms with Crippen LogP contribution in [-0.2, 0) is 0 Å². The summed E-state index contributed by atoms with van der Waals surface area (Å²) >= 11 is 3.48. The zero-order valence-electron chi connectivity index (χ0n) is 10.7. The van der Waals surface area contributed by atoms with Gasteiger partial charge in [-0.25, -0.2) is 9.38 Å². The maximum Gasteiger partial charge on any atom is 0.284 e. The van der Waals surface area contributed by atoms with E-state index in [0.717, 1.165) is 15.8 Å². The number of nitrogens with zero attached hydrogens (tertiary/aromatic N) is 1. The van der Waals surface area contributed by atoms with Crippen LogP contribution in [0.4, 0.5) is 0 Å². The molecule has 0 fully saturated rings. The molecule has 0 aliphatic rings. The Balaban J connectivity index is 0.00000133. The molecule has 4 heteroatoms. The molecule has 0 radical (unpaired) electrons. The van der Waals surface area contributed by atoms with Gasteiger partial charge in [-0.15, -0.1) is 0 Å². The highest BCUT2D eigenvalue weighted by Crippen LogP contribution is 2.20. The number of benzene rings is 1. The molecule has 0 saturated carbocycles. The molecule has 0 amide bonds. The molecule has 1 aromatic carbocycles. The van der Waals surface area contributed by atoms with Crippen LogP contribution in [0.5, 0.6) is 0 Å². The molecule has 0 aliphatic heterocycles. The van der Waals surface area contributed by atoms with Gasteiger partial charge in [0.05, 0.1) is 4.47 Å².